The summed E-state index contributed by atoms with van der Waals surface area (Å²) in [6, 6.07) is 0. The van der Waals surface area contributed by atoms with E-state index in [-0.39, 0.29) is 0 Å². The Morgan fingerprint density at radius 3 is 2.86 bits per heavy atom. The lowest BCUT2D eigenvalue weighted by Crippen LogP contribution is -2.00. The Bertz CT molecular complexity index is 320. The average Bonchev–Trinajstić information content (AvgIpc) is 2.78. The zero-order chi connectivity index (χ0) is 9.80. The molecule has 1 aromatic heterocycles. The molecule has 0 saturated heterocycles. The first kappa shape index (κ1) is 9.97. The highest BCUT2D eigenvalue weighted by molar-refractivity contribution is 7.71. The fraction of sp³-hybridized carbons (Fsp3) is 0.727. The Hall–Kier alpha value is -0.570. The van der Waals surface area contributed by atoms with Crippen LogP contribution in [-0.4, -0.2) is 9.55 Å². The van der Waals surface area contributed by atoms with Gasteiger partial charge in [0, 0.05) is 18.9 Å². The summed E-state index contributed by atoms with van der Waals surface area (Å²) in [4.78, 5) is 3.02. The second kappa shape index (κ2) is 4.78. The van der Waals surface area contributed by atoms with E-state index in [1.807, 2.05) is 12.4 Å². The van der Waals surface area contributed by atoms with E-state index in [2.05, 4.69) is 9.55 Å². The quantitative estimate of drug-likeness (QED) is 0.754. The van der Waals surface area contributed by atoms with Gasteiger partial charge in [-0.3, -0.25) is 0 Å². The number of aryl methyl sites for hydroxylation is 1. The summed E-state index contributed by atoms with van der Waals surface area (Å²) >= 11 is 5.14. The third-order valence-corrected chi connectivity index (χ3v) is 3.56. The van der Waals surface area contributed by atoms with E-state index in [4.69, 9.17) is 12.2 Å². The van der Waals surface area contributed by atoms with Crippen LogP contribution in [0.25, 0.3) is 0 Å². The largest absolute Gasteiger partial charge is 0.337 e. The molecule has 78 valence electrons. The van der Waals surface area contributed by atoms with Crippen molar-refractivity contribution in [2.75, 3.05) is 0 Å². The number of H-pyrrole nitrogens is 1. The maximum Gasteiger partial charge on any atom is 0.177 e. The van der Waals surface area contributed by atoms with Crippen LogP contribution >= 0.6 is 12.2 Å². The average molecular weight is 210 g/mol. The highest BCUT2D eigenvalue weighted by Gasteiger charge is 2.13. The molecule has 2 rings (SSSR count). The van der Waals surface area contributed by atoms with E-state index in [1.54, 1.807) is 0 Å². The Kier molecular flexibility index (Phi) is 3.40. The van der Waals surface area contributed by atoms with Crippen molar-refractivity contribution in [3.63, 3.8) is 0 Å². The molecule has 0 bridgehead atoms. The van der Waals surface area contributed by atoms with Crippen molar-refractivity contribution in [3.05, 3.63) is 17.2 Å². The number of aromatic amines is 1. The maximum absolute atomic E-state index is 5.14. The minimum absolute atomic E-state index is 0.858. The van der Waals surface area contributed by atoms with E-state index in [1.165, 1.54) is 38.5 Å². The van der Waals surface area contributed by atoms with Crippen LogP contribution in [0.5, 0.6) is 0 Å². The summed E-state index contributed by atoms with van der Waals surface area (Å²) in [5.74, 6) is 1.00. The molecule has 0 spiro atoms. The lowest BCUT2D eigenvalue weighted by Gasteiger charge is -2.08. The van der Waals surface area contributed by atoms with E-state index >= 15 is 0 Å². The topological polar surface area (TPSA) is 20.7 Å². The van der Waals surface area contributed by atoms with Gasteiger partial charge in [-0.25, -0.2) is 0 Å². The standard InChI is InChI=1S/C11H18N2S/c14-11-12-7-9-13(11)8-3-6-10-4-1-2-5-10/h7,9-10H,1-6,8H2,(H,12,14). The fourth-order valence-electron chi connectivity index (χ4n) is 2.37. The molecule has 0 radical (unpaired) electrons. The summed E-state index contributed by atoms with van der Waals surface area (Å²) < 4.78 is 2.99. The monoisotopic (exact) mass is 210 g/mol. The van der Waals surface area contributed by atoms with Crippen molar-refractivity contribution in [1.29, 1.82) is 0 Å². The molecule has 1 aromatic rings. The molecule has 0 aromatic carbocycles. The van der Waals surface area contributed by atoms with Gasteiger partial charge in [-0.05, 0) is 31.0 Å². The van der Waals surface area contributed by atoms with Gasteiger partial charge in [0.25, 0.3) is 0 Å². The molecule has 1 aliphatic rings. The van der Waals surface area contributed by atoms with Crippen LogP contribution in [0.4, 0.5) is 0 Å². The van der Waals surface area contributed by atoms with Gasteiger partial charge in [-0.1, -0.05) is 25.7 Å². The first-order valence-electron chi connectivity index (χ1n) is 5.60. The molecule has 14 heavy (non-hydrogen) atoms. The van der Waals surface area contributed by atoms with Gasteiger partial charge in [0.05, 0.1) is 0 Å². The number of imidazole rings is 1. The summed E-state index contributed by atoms with van der Waals surface area (Å²) in [6.45, 7) is 1.08. The Morgan fingerprint density at radius 1 is 1.43 bits per heavy atom. The molecule has 0 amide bonds. The third-order valence-electron chi connectivity index (χ3n) is 3.21. The van der Waals surface area contributed by atoms with E-state index in [9.17, 15) is 0 Å². The van der Waals surface area contributed by atoms with E-state index in [0.717, 1.165) is 17.2 Å². The molecular weight excluding hydrogens is 192 g/mol. The first-order chi connectivity index (χ1) is 6.86. The van der Waals surface area contributed by atoms with Gasteiger partial charge in [0.1, 0.15) is 0 Å². The van der Waals surface area contributed by atoms with Crippen LogP contribution in [0, 0.1) is 10.7 Å². The van der Waals surface area contributed by atoms with Crippen molar-refractivity contribution in [2.45, 2.75) is 45.1 Å². The van der Waals surface area contributed by atoms with Crippen molar-refractivity contribution in [2.24, 2.45) is 5.92 Å². The van der Waals surface area contributed by atoms with Gasteiger partial charge < -0.3 is 9.55 Å². The number of nitrogens with zero attached hydrogens (tertiary/aromatic N) is 1. The number of aromatic nitrogens is 2. The molecule has 0 unspecified atom stereocenters. The number of rotatable bonds is 4. The third kappa shape index (κ3) is 2.47. The van der Waals surface area contributed by atoms with Gasteiger partial charge in [-0.15, -0.1) is 0 Å². The maximum atomic E-state index is 5.14. The number of nitrogens with one attached hydrogen (secondary N) is 1. The molecule has 1 heterocycles. The van der Waals surface area contributed by atoms with E-state index in [0.29, 0.717) is 0 Å². The molecule has 0 aliphatic heterocycles. The highest BCUT2D eigenvalue weighted by Crippen LogP contribution is 2.28. The van der Waals surface area contributed by atoms with Gasteiger partial charge in [-0.2, -0.15) is 0 Å². The lowest BCUT2D eigenvalue weighted by molar-refractivity contribution is 0.457. The minimum atomic E-state index is 0.858. The number of hydrogen-bond donors (Lipinski definition) is 1. The van der Waals surface area contributed by atoms with Gasteiger partial charge in [0.2, 0.25) is 0 Å². The molecule has 1 aliphatic carbocycles. The highest BCUT2D eigenvalue weighted by atomic mass is 32.1. The second-order valence-corrected chi connectivity index (χ2v) is 4.64. The summed E-state index contributed by atoms with van der Waals surface area (Å²) in [6.07, 6.45) is 12.4. The van der Waals surface area contributed by atoms with Crippen LogP contribution in [0.2, 0.25) is 0 Å². The van der Waals surface area contributed by atoms with Gasteiger partial charge >= 0.3 is 0 Å². The summed E-state index contributed by atoms with van der Waals surface area (Å²) in [5, 5.41) is 0. The normalized spacial score (nSPS) is 17.7. The van der Waals surface area contributed by atoms with Crippen molar-refractivity contribution >= 4 is 12.2 Å². The van der Waals surface area contributed by atoms with Crippen molar-refractivity contribution in [3.8, 4) is 0 Å². The Balaban J connectivity index is 1.72. The van der Waals surface area contributed by atoms with Gasteiger partial charge in [0.15, 0.2) is 4.77 Å². The molecule has 3 heteroatoms. The van der Waals surface area contributed by atoms with Crippen LogP contribution in [0.15, 0.2) is 12.4 Å². The van der Waals surface area contributed by atoms with E-state index < -0.39 is 0 Å². The van der Waals surface area contributed by atoms with Crippen LogP contribution in [0.1, 0.15) is 38.5 Å². The van der Waals surface area contributed by atoms with Crippen molar-refractivity contribution in [1.82, 2.24) is 9.55 Å². The predicted octanol–water partition coefficient (Wildman–Crippen LogP) is 3.52. The second-order valence-electron chi connectivity index (χ2n) is 4.25. The molecule has 2 nitrogen and oxygen atoms in total. The van der Waals surface area contributed by atoms with Crippen LogP contribution < -0.4 is 0 Å². The smallest absolute Gasteiger partial charge is 0.177 e. The fourth-order valence-corrected chi connectivity index (χ4v) is 2.59. The molecular formula is C11H18N2S. The Morgan fingerprint density at radius 2 is 2.21 bits per heavy atom. The molecule has 1 N–H and O–H groups in total. The minimum Gasteiger partial charge on any atom is -0.337 e. The summed E-state index contributed by atoms with van der Waals surface area (Å²) in [5.41, 5.74) is 0. The molecule has 1 saturated carbocycles. The molecule has 1 fully saturated rings. The van der Waals surface area contributed by atoms with Crippen LogP contribution in [0.3, 0.4) is 0 Å². The Labute approximate surface area is 90.3 Å². The summed E-state index contributed by atoms with van der Waals surface area (Å²) in [7, 11) is 0. The zero-order valence-electron chi connectivity index (χ0n) is 8.54. The van der Waals surface area contributed by atoms with Crippen LogP contribution in [-0.2, 0) is 6.54 Å². The zero-order valence-corrected chi connectivity index (χ0v) is 9.35. The number of hydrogen-bond acceptors (Lipinski definition) is 1. The predicted molar refractivity (Wildman–Crippen MR) is 60.8 cm³/mol. The SMILES string of the molecule is S=c1[nH]ccn1CCCC1CCCC1. The molecule has 0 atom stereocenters. The first-order valence-corrected chi connectivity index (χ1v) is 6.01. The lowest BCUT2D eigenvalue weighted by atomic mass is 10.0. The van der Waals surface area contributed by atoms with Crippen molar-refractivity contribution < 1.29 is 0 Å².